The lowest BCUT2D eigenvalue weighted by atomic mass is 10.1. The number of rotatable bonds is 23. The Kier molecular flexibility index (Phi) is 25.9. The van der Waals surface area contributed by atoms with Gasteiger partial charge in [-0.2, -0.15) is 0 Å². The number of nitrogens with zero attached hydrogens (tertiary/aromatic N) is 13. The molecule has 0 aliphatic heterocycles. The van der Waals surface area contributed by atoms with E-state index in [-0.39, 0.29) is 60.3 Å². The first kappa shape index (κ1) is 71.8. The Hall–Kier alpha value is -12.5. The number of aromatic nitrogens is 13. The lowest BCUT2D eigenvalue weighted by Crippen LogP contribution is -2.09. The van der Waals surface area contributed by atoms with Crippen molar-refractivity contribution in [1.29, 1.82) is 0 Å². The van der Waals surface area contributed by atoms with Crippen molar-refractivity contribution in [2.24, 2.45) is 0 Å². The second-order valence-electron chi connectivity index (χ2n) is 22.7. The first-order chi connectivity index (χ1) is 48.4. The van der Waals surface area contributed by atoms with Gasteiger partial charge in [-0.15, -0.1) is 0 Å². The Balaban J connectivity index is 0.000000156. The highest BCUT2D eigenvalue weighted by atomic mass is 19.1. The molecule has 0 saturated carbocycles. The van der Waals surface area contributed by atoms with Crippen LogP contribution in [0.15, 0.2) is 208 Å². The molecule has 0 fully saturated rings. The number of carbonyl (C=O) groups is 4. The van der Waals surface area contributed by atoms with E-state index in [1.807, 2.05) is 121 Å². The molecule has 12 aromatic rings. The van der Waals surface area contributed by atoms with Crippen LogP contribution in [0.5, 0.6) is 46.0 Å². The Labute approximate surface area is 578 Å². The van der Waals surface area contributed by atoms with Crippen LogP contribution >= 0.6 is 0 Å². The molecular weight excluding hydrogens is 1270 g/mol. The number of ether oxygens (including phenoxy) is 4. The molecule has 0 unspecified atom stereocenters. The summed E-state index contributed by atoms with van der Waals surface area (Å²) in [6, 6.07) is 42.8. The largest absolute Gasteiger partial charge is 0.456 e. The average Bonchev–Trinajstić information content (AvgIpc) is 0.862. The summed E-state index contributed by atoms with van der Waals surface area (Å²) < 4.78 is 36.1. The third kappa shape index (κ3) is 22.9. The summed E-state index contributed by atoms with van der Waals surface area (Å²) in [5, 5.41) is 0. The molecule has 12 rings (SSSR count). The lowest BCUT2D eigenvalue weighted by molar-refractivity contribution is 0.0978. The van der Waals surface area contributed by atoms with E-state index in [2.05, 4.69) is 64.8 Å². The highest BCUT2D eigenvalue weighted by Crippen LogP contribution is 2.27. The molecule has 0 saturated heterocycles. The fourth-order valence-corrected chi connectivity index (χ4v) is 9.60. The van der Waals surface area contributed by atoms with Gasteiger partial charge >= 0.3 is 0 Å². The maximum atomic E-state index is 13.2. The van der Waals surface area contributed by atoms with Gasteiger partial charge in [-0.05, 0) is 126 Å². The lowest BCUT2D eigenvalue weighted by Gasteiger charge is -2.08. The number of pyridine rings is 11. The van der Waals surface area contributed by atoms with Crippen molar-refractivity contribution < 1.29 is 42.5 Å². The predicted octanol–water partition coefficient (Wildman–Crippen LogP) is 15.1. The number of ketones is 4. The fraction of sp³-hybridized carbons (Fsp3) is 0.192. The van der Waals surface area contributed by atoms with E-state index < -0.39 is 5.82 Å². The van der Waals surface area contributed by atoms with E-state index in [0.29, 0.717) is 74.4 Å². The Morgan fingerprint density at radius 1 is 0.320 bits per heavy atom. The number of Topliss-reactive ketones (excluding diaryl/α,β-unsaturated/α-hetero) is 4. The quantitative estimate of drug-likeness (QED) is 0.0538. The highest BCUT2D eigenvalue weighted by molar-refractivity contribution is 5.97. The first-order valence-electron chi connectivity index (χ1n) is 32.1. The van der Waals surface area contributed by atoms with Crippen LogP contribution in [-0.4, -0.2) is 87.9 Å². The van der Waals surface area contributed by atoms with Crippen molar-refractivity contribution in [3.63, 3.8) is 0 Å². The van der Waals surface area contributed by atoms with E-state index in [0.717, 1.165) is 76.6 Å². The summed E-state index contributed by atoms with van der Waals surface area (Å²) in [5.74, 6) is 3.13. The van der Waals surface area contributed by atoms with Gasteiger partial charge in [-0.1, -0.05) is 45.0 Å². The van der Waals surface area contributed by atoms with Gasteiger partial charge in [-0.3, -0.25) is 54.1 Å². The monoisotopic (exact) mass is 1340 g/mol. The highest BCUT2D eigenvalue weighted by Gasteiger charge is 2.18. The zero-order valence-electron chi connectivity index (χ0n) is 56.5. The summed E-state index contributed by atoms with van der Waals surface area (Å²) >= 11 is 0. The van der Waals surface area contributed by atoms with Crippen LogP contribution in [0.1, 0.15) is 131 Å². The molecule has 504 valence electrons. The van der Waals surface area contributed by atoms with Crippen molar-refractivity contribution in [3.05, 3.63) is 304 Å². The van der Waals surface area contributed by atoms with E-state index >= 15 is 0 Å². The molecule has 100 heavy (non-hydrogen) atoms. The number of carbonyl (C=O) groups excluding carboxylic acids is 4. The third-order valence-electron chi connectivity index (χ3n) is 14.3. The average molecular weight is 1340 g/mol. The Morgan fingerprint density at radius 3 is 1.02 bits per heavy atom. The van der Waals surface area contributed by atoms with E-state index in [1.54, 1.807) is 117 Å². The van der Waals surface area contributed by atoms with Gasteiger partial charge in [0.05, 0.1) is 62.9 Å². The van der Waals surface area contributed by atoms with E-state index in [1.165, 1.54) is 18.6 Å². The van der Waals surface area contributed by atoms with Crippen LogP contribution in [0.25, 0.3) is 0 Å². The minimum absolute atomic E-state index is 0.0829. The minimum Gasteiger partial charge on any atom is -0.456 e. The molecule has 12 aromatic heterocycles. The van der Waals surface area contributed by atoms with Gasteiger partial charge in [-0.25, -0.2) is 34.3 Å². The molecule has 21 nitrogen and oxygen atoms in total. The zero-order valence-corrected chi connectivity index (χ0v) is 56.5. The molecule has 0 N–H and O–H groups in total. The fourth-order valence-electron chi connectivity index (χ4n) is 9.60. The van der Waals surface area contributed by atoms with Crippen LogP contribution in [0, 0.1) is 40.4 Å². The van der Waals surface area contributed by atoms with Gasteiger partial charge in [0.1, 0.15) is 75.2 Å². The predicted molar refractivity (Wildman–Crippen MR) is 373 cm³/mol. The van der Waals surface area contributed by atoms with Crippen molar-refractivity contribution in [3.8, 4) is 46.0 Å². The van der Waals surface area contributed by atoms with Gasteiger partial charge in [0.15, 0.2) is 28.9 Å². The molecule has 12 heterocycles. The summed E-state index contributed by atoms with van der Waals surface area (Å²) in [7, 11) is 0. The SMILES string of the molecule is CCc1cccc(CC(=O)c2cc(Oc3cccnc3)cc(C)n2)n1.CCc1cccc(CC(=O)c2cc(Oc3cncc(F)c3)cc(C)n2)n1.CCc1cccc(CC(=O)c2cc(Oc3cncnc3)cc(C)n2)n1.Cc1ccc(CC(=O)c2cc(Oc3cccnc3)cc(C)n2)nc1. The maximum Gasteiger partial charge on any atom is 0.187 e. The van der Waals surface area contributed by atoms with Crippen molar-refractivity contribution in [2.45, 2.75) is 100 Å². The van der Waals surface area contributed by atoms with Crippen LogP contribution in [0.4, 0.5) is 4.39 Å². The molecule has 0 aliphatic carbocycles. The van der Waals surface area contributed by atoms with E-state index in [4.69, 9.17) is 18.9 Å². The number of aryl methyl sites for hydroxylation is 8. The molecular formula is C78H72FN13O8. The molecule has 0 amide bonds. The van der Waals surface area contributed by atoms with Gasteiger partial charge in [0, 0.05) is 136 Å². The third-order valence-corrected chi connectivity index (χ3v) is 14.3. The molecule has 0 radical (unpaired) electrons. The molecule has 0 spiro atoms. The van der Waals surface area contributed by atoms with Crippen LogP contribution in [0.2, 0.25) is 0 Å². The molecule has 0 aromatic carbocycles. The summed E-state index contributed by atoms with van der Waals surface area (Å²) in [4.78, 5) is 105. The number of hydrogen-bond acceptors (Lipinski definition) is 21. The van der Waals surface area contributed by atoms with Gasteiger partial charge < -0.3 is 18.9 Å². The van der Waals surface area contributed by atoms with Gasteiger partial charge in [0.2, 0.25) is 0 Å². The summed E-state index contributed by atoms with van der Waals surface area (Å²) in [6.07, 6.45) is 18.7. The summed E-state index contributed by atoms with van der Waals surface area (Å²) in [6.45, 7) is 15.3. The molecule has 0 aliphatic rings. The van der Waals surface area contributed by atoms with Crippen molar-refractivity contribution in [2.75, 3.05) is 0 Å². The topological polar surface area (TPSA) is 273 Å². The standard InChI is InChI=1S/C20H18FN3O2.C20H19N3O2.C19H18N4O2.C19H17N3O2/c1-3-15-5-4-6-16(24-15)9-20(25)19-10-17(7-13(2)23-19)26-18-8-14(21)11-22-12-18;1-3-15-6-4-7-16(23-15)11-20(24)19-12-18(10-14(2)22-19)25-17-8-5-9-21-13-17;1-3-14-5-4-6-15(23-14)8-19(24)18-9-16(7-13(2)22-18)25-17-10-20-12-21-11-17;1-13-5-6-15(21-11-13)9-19(23)18-10-17(8-14(2)22-18)24-16-4-3-7-20-12-16/h4-8,10-12H,3,9H2,1-2H3;4-10,12-13H,3,11H2,1-2H3;4-7,9-12H,3,8H2,1-2H3;3-8,10-12H,9H2,1-2H3. The van der Waals surface area contributed by atoms with Crippen LogP contribution in [0.3, 0.4) is 0 Å². The first-order valence-corrected chi connectivity index (χ1v) is 32.1. The van der Waals surface area contributed by atoms with Crippen LogP contribution < -0.4 is 18.9 Å². The van der Waals surface area contributed by atoms with Gasteiger partial charge in [0.25, 0.3) is 0 Å². The van der Waals surface area contributed by atoms with Crippen molar-refractivity contribution >= 4 is 23.1 Å². The normalized spacial score (nSPS) is 10.5. The number of hydrogen-bond donors (Lipinski definition) is 0. The molecule has 22 heteroatoms. The molecule has 0 atom stereocenters. The summed E-state index contributed by atoms with van der Waals surface area (Å²) in [5.41, 5.74) is 11.0. The smallest absolute Gasteiger partial charge is 0.187 e. The minimum atomic E-state index is -0.494. The second-order valence-corrected chi connectivity index (χ2v) is 22.7. The Morgan fingerprint density at radius 2 is 0.670 bits per heavy atom. The van der Waals surface area contributed by atoms with Crippen LogP contribution in [-0.2, 0) is 44.9 Å². The van der Waals surface area contributed by atoms with Crippen molar-refractivity contribution in [1.82, 2.24) is 64.8 Å². The maximum absolute atomic E-state index is 13.2. The number of halogens is 1. The second kappa shape index (κ2) is 36.0. The molecule has 0 bridgehead atoms. The zero-order chi connectivity index (χ0) is 70.8. The Bertz CT molecular complexity index is 4600. The van der Waals surface area contributed by atoms with E-state index in [9.17, 15) is 23.6 Å².